The molecular formula is C12H19N3O. The van der Waals surface area contributed by atoms with Crippen LogP contribution >= 0.6 is 0 Å². The van der Waals surface area contributed by atoms with Crippen LogP contribution < -0.4 is 10.7 Å². The van der Waals surface area contributed by atoms with E-state index in [0.29, 0.717) is 5.92 Å². The smallest absolute Gasteiger partial charge is 0.255 e. The third kappa shape index (κ3) is 2.64. The van der Waals surface area contributed by atoms with Gasteiger partial charge in [0.1, 0.15) is 0 Å². The average molecular weight is 221 g/mol. The number of hydrogen-bond acceptors (Lipinski definition) is 2. The fourth-order valence-electron chi connectivity index (χ4n) is 2.18. The van der Waals surface area contributed by atoms with Crippen LogP contribution in [-0.2, 0) is 4.79 Å². The monoisotopic (exact) mass is 221 g/mol. The zero-order chi connectivity index (χ0) is 11.4. The van der Waals surface area contributed by atoms with E-state index in [0.717, 1.165) is 19.4 Å². The largest absolute Gasteiger partial charge is 0.306 e. The molecule has 1 aromatic rings. The predicted octanol–water partition coefficient (Wildman–Crippen LogP) is 1.34. The van der Waals surface area contributed by atoms with Crippen molar-refractivity contribution in [3.8, 4) is 0 Å². The molecule has 4 nitrogen and oxygen atoms in total. The molecule has 2 atom stereocenters. The van der Waals surface area contributed by atoms with E-state index in [1.165, 1.54) is 6.42 Å². The van der Waals surface area contributed by atoms with E-state index in [9.17, 15) is 4.79 Å². The number of amides is 1. The number of nitrogens with zero attached hydrogens (tertiary/aromatic N) is 1. The van der Waals surface area contributed by atoms with Gasteiger partial charge in [0.25, 0.3) is 5.91 Å². The summed E-state index contributed by atoms with van der Waals surface area (Å²) in [6, 6.07) is 3.74. The van der Waals surface area contributed by atoms with Crippen molar-refractivity contribution in [3.05, 3.63) is 24.5 Å². The van der Waals surface area contributed by atoms with Crippen LogP contribution in [0.1, 0.15) is 26.2 Å². The molecule has 0 bridgehead atoms. The number of carbonyl (C=O) groups is 1. The normalized spacial score (nSPS) is 25.3. The number of piperidine rings is 1. The van der Waals surface area contributed by atoms with Gasteiger partial charge in [-0.25, -0.2) is 0 Å². The second-order valence-electron chi connectivity index (χ2n) is 4.37. The Morgan fingerprint density at radius 2 is 2.25 bits per heavy atom. The molecule has 2 N–H and O–H groups in total. The fraction of sp³-hybridized carbons (Fsp3) is 0.583. The molecule has 2 unspecified atom stereocenters. The molecule has 0 spiro atoms. The van der Waals surface area contributed by atoms with E-state index in [-0.39, 0.29) is 11.9 Å². The molecule has 1 aliphatic heterocycles. The Hall–Kier alpha value is -1.29. The van der Waals surface area contributed by atoms with Gasteiger partial charge in [-0.1, -0.05) is 13.3 Å². The Bertz CT molecular complexity index is 334. The van der Waals surface area contributed by atoms with Crippen molar-refractivity contribution in [3.63, 3.8) is 0 Å². The lowest BCUT2D eigenvalue weighted by Gasteiger charge is -2.28. The first-order valence-electron chi connectivity index (χ1n) is 5.97. The van der Waals surface area contributed by atoms with Gasteiger partial charge in [-0.3, -0.25) is 14.9 Å². The molecule has 1 aromatic heterocycles. The summed E-state index contributed by atoms with van der Waals surface area (Å²) in [6.07, 6.45) is 6.96. The van der Waals surface area contributed by atoms with Crippen LogP contribution in [0.15, 0.2) is 24.5 Å². The number of carbonyl (C=O) groups excluding carboxylic acids is 1. The Morgan fingerprint density at radius 1 is 1.50 bits per heavy atom. The Kier molecular flexibility index (Phi) is 3.62. The summed E-state index contributed by atoms with van der Waals surface area (Å²) in [7, 11) is 0. The van der Waals surface area contributed by atoms with E-state index in [4.69, 9.17) is 0 Å². The van der Waals surface area contributed by atoms with Crippen molar-refractivity contribution >= 4 is 5.91 Å². The lowest BCUT2D eigenvalue weighted by atomic mass is 9.90. The van der Waals surface area contributed by atoms with Crippen LogP contribution in [0.2, 0.25) is 0 Å². The Labute approximate surface area is 96.0 Å². The van der Waals surface area contributed by atoms with Crippen LogP contribution in [0, 0.1) is 5.92 Å². The van der Waals surface area contributed by atoms with E-state index in [1.54, 1.807) is 4.68 Å². The van der Waals surface area contributed by atoms with Gasteiger partial charge in [0.2, 0.25) is 0 Å². The minimum absolute atomic E-state index is 0.0406. The first kappa shape index (κ1) is 11.2. The van der Waals surface area contributed by atoms with Crippen molar-refractivity contribution in [2.45, 2.75) is 32.2 Å². The van der Waals surface area contributed by atoms with E-state index in [2.05, 4.69) is 17.7 Å². The lowest BCUT2D eigenvalue weighted by Crippen LogP contribution is -2.47. The number of aromatic nitrogens is 1. The van der Waals surface area contributed by atoms with Crippen molar-refractivity contribution in [2.24, 2.45) is 5.92 Å². The Morgan fingerprint density at radius 3 is 2.94 bits per heavy atom. The molecule has 88 valence electrons. The highest BCUT2D eigenvalue weighted by molar-refractivity contribution is 5.88. The van der Waals surface area contributed by atoms with Gasteiger partial charge in [0.05, 0.1) is 6.04 Å². The first-order chi connectivity index (χ1) is 7.79. The molecular weight excluding hydrogens is 202 g/mol. The molecule has 1 aliphatic rings. The standard InChI is InChI=1S/C12H19N3O/c1-2-10-5-6-13-11(9-10)12(16)14-15-7-3-4-8-15/h3-4,7-8,10-11,13H,2,5-6,9H2,1H3,(H,14,16). The van der Waals surface area contributed by atoms with Crippen LogP contribution in [0.5, 0.6) is 0 Å². The summed E-state index contributed by atoms with van der Waals surface area (Å²) in [4.78, 5) is 11.9. The molecule has 16 heavy (non-hydrogen) atoms. The van der Waals surface area contributed by atoms with Gasteiger partial charge in [0.15, 0.2) is 0 Å². The molecule has 4 heteroatoms. The van der Waals surface area contributed by atoms with Crippen LogP contribution in [0.4, 0.5) is 0 Å². The van der Waals surface area contributed by atoms with Crippen molar-refractivity contribution in [2.75, 3.05) is 12.0 Å². The molecule has 2 heterocycles. The minimum Gasteiger partial charge on any atom is -0.306 e. The minimum atomic E-state index is -0.0406. The molecule has 1 amide bonds. The maximum absolute atomic E-state index is 11.9. The van der Waals surface area contributed by atoms with Crippen molar-refractivity contribution in [1.82, 2.24) is 9.99 Å². The summed E-state index contributed by atoms with van der Waals surface area (Å²) >= 11 is 0. The molecule has 0 saturated carbocycles. The Balaban J connectivity index is 1.89. The summed E-state index contributed by atoms with van der Waals surface area (Å²) in [5.41, 5.74) is 2.85. The van der Waals surface area contributed by atoms with Gasteiger partial charge in [-0.2, -0.15) is 0 Å². The average Bonchev–Trinajstić information content (AvgIpc) is 2.82. The van der Waals surface area contributed by atoms with Crippen molar-refractivity contribution in [1.29, 1.82) is 0 Å². The summed E-state index contributed by atoms with van der Waals surface area (Å²) in [6.45, 7) is 3.14. The zero-order valence-corrected chi connectivity index (χ0v) is 9.65. The highest BCUT2D eigenvalue weighted by Crippen LogP contribution is 2.19. The quantitative estimate of drug-likeness (QED) is 0.809. The number of rotatable bonds is 3. The molecule has 2 rings (SSSR count). The maximum Gasteiger partial charge on any atom is 0.255 e. The highest BCUT2D eigenvalue weighted by atomic mass is 16.2. The highest BCUT2D eigenvalue weighted by Gasteiger charge is 2.25. The summed E-state index contributed by atoms with van der Waals surface area (Å²) in [5, 5.41) is 3.27. The SMILES string of the molecule is CCC1CCNC(C(=O)Nn2cccc2)C1. The van der Waals surface area contributed by atoms with Crippen molar-refractivity contribution < 1.29 is 4.79 Å². The number of nitrogens with one attached hydrogen (secondary N) is 2. The third-order valence-corrected chi connectivity index (χ3v) is 3.25. The van der Waals surface area contributed by atoms with E-state index < -0.39 is 0 Å². The lowest BCUT2D eigenvalue weighted by molar-refractivity contribution is -0.120. The maximum atomic E-state index is 11.9. The topological polar surface area (TPSA) is 46.1 Å². The van der Waals surface area contributed by atoms with E-state index >= 15 is 0 Å². The van der Waals surface area contributed by atoms with Crippen LogP contribution in [0.25, 0.3) is 0 Å². The molecule has 1 saturated heterocycles. The van der Waals surface area contributed by atoms with Gasteiger partial charge < -0.3 is 5.32 Å². The van der Waals surface area contributed by atoms with Gasteiger partial charge in [0, 0.05) is 12.4 Å². The van der Waals surface area contributed by atoms with Gasteiger partial charge >= 0.3 is 0 Å². The summed E-state index contributed by atoms with van der Waals surface area (Å²) in [5.74, 6) is 0.746. The molecule has 0 aromatic carbocycles. The second-order valence-corrected chi connectivity index (χ2v) is 4.37. The second kappa shape index (κ2) is 5.16. The van der Waals surface area contributed by atoms with Gasteiger partial charge in [-0.05, 0) is 37.4 Å². The van der Waals surface area contributed by atoms with E-state index in [1.807, 2.05) is 24.5 Å². The van der Waals surface area contributed by atoms with Crippen LogP contribution in [-0.4, -0.2) is 23.2 Å². The molecule has 0 radical (unpaired) electrons. The predicted molar refractivity (Wildman–Crippen MR) is 63.6 cm³/mol. The fourth-order valence-corrected chi connectivity index (χ4v) is 2.18. The van der Waals surface area contributed by atoms with Crippen LogP contribution in [0.3, 0.4) is 0 Å². The number of hydrogen-bond donors (Lipinski definition) is 2. The molecule has 1 fully saturated rings. The zero-order valence-electron chi connectivity index (χ0n) is 9.65. The summed E-state index contributed by atoms with van der Waals surface area (Å²) < 4.78 is 1.69. The van der Waals surface area contributed by atoms with Gasteiger partial charge in [-0.15, -0.1) is 0 Å². The molecule has 0 aliphatic carbocycles. The third-order valence-electron chi connectivity index (χ3n) is 3.25. The first-order valence-corrected chi connectivity index (χ1v) is 5.97.